The number of anilines is 6. The lowest BCUT2D eigenvalue weighted by Gasteiger charge is -2.25. The zero-order chi connectivity index (χ0) is 55.1. The highest BCUT2D eigenvalue weighted by Gasteiger charge is 2.23. The van der Waals surface area contributed by atoms with Crippen molar-refractivity contribution in [3.63, 3.8) is 0 Å². The Bertz CT molecular complexity index is 3790. The predicted molar refractivity (Wildman–Crippen MR) is 315 cm³/mol. The van der Waals surface area contributed by atoms with E-state index in [-0.39, 0.29) is 23.4 Å². The molecule has 9 rings (SSSR count). The Morgan fingerprint density at radius 2 is 1.12 bits per heavy atom. The largest absolute Gasteiger partial charge is 0.494 e. The molecule has 0 atom stereocenters. The smallest absolute Gasteiger partial charge is 0.296 e. The van der Waals surface area contributed by atoms with Crippen molar-refractivity contribution in [2.24, 2.45) is 20.5 Å². The van der Waals surface area contributed by atoms with E-state index in [9.17, 15) is 18.1 Å². The van der Waals surface area contributed by atoms with E-state index < -0.39 is 10.1 Å². The number of hydrogen-bond donors (Lipinski definition) is 4. The monoisotopic (exact) mass is 1120 g/mol. The first kappa shape index (κ1) is 55.1. The third-order valence-electron chi connectivity index (χ3n) is 12.5. The van der Waals surface area contributed by atoms with Gasteiger partial charge in [0.2, 0.25) is 11.9 Å². The second kappa shape index (κ2) is 24.3. The standard InChI is InChI=1S/C55H57N13O6S4/c1-9-67(10-2)44-28-40(42(30-46(44)73-7)65-63-36-19-15-34(16-20-36)51-56-38-23-13-32(5)27-48(38)76-51)58-53-60-54(62-55(61-53)75-26-25-69)59-41-29-45(68(11-3)12-4)47(74-8)31-43(41)66-64-37-21-17-35(18-22-37)52-57-39-24-14-33(6)50(49(39)77-52)78(70,71)72/h13-24,27-31,69H,9-12,25-26H2,1-8H3,(H,70,71,72)(H2,58,59,60,61,62). The number of fused-ring (bicyclic) bond motifs is 2. The predicted octanol–water partition coefficient (Wildman–Crippen LogP) is 14.4. The van der Waals surface area contributed by atoms with Crippen LogP contribution in [0.25, 0.3) is 41.6 Å². The molecule has 0 amide bonds. The SMILES string of the molecule is CCN(CC)c1cc(Nc2nc(Nc3cc(N(CC)CC)c(OC)cc3N=Nc3ccc(-c4nc5ccc(C)c(S(=O)(=O)O)c5s4)cc3)nc(SCCO)n2)c(N=Nc2ccc(-c3nc4ccc(C)cc4s3)cc2)cc1OC. The van der Waals surface area contributed by atoms with E-state index >= 15 is 0 Å². The quantitative estimate of drug-likeness (QED) is 0.0280. The number of benzene rings is 6. The van der Waals surface area contributed by atoms with Crippen molar-refractivity contribution < 1.29 is 27.6 Å². The first-order valence-corrected chi connectivity index (χ1v) is 29.1. The highest BCUT2D eigenvalue weighted by Crippen LogP contribution is 2.44. The molecule has 0 unspecified atom stereocenters. The Kier molecular flexibility index (Phi) is 17.2. The molecule has 0 spiro atoms. The molecular formula is C55H57N13O6S4. The number of methoxy groups -OCH3 is 2. The number of rotatable bonds is 22. The molecule has 3 aromatic heterocycles. The number of aliphatic hydroxyl groups is 1. The summed E-state index contributed by atoms with van der Waals surface area (Å²) in [5.41, 5.74) is 9.49. The number of nitrogens with one attached hydrogen (secondary N) is 2. The summed E-state index contributed by atoms with van der Waals surface area (Å²) in [7, 11) is -1.24. The number of thioether (sulfide) groups is 1. The summed E-state index contributed by atoms with van der Waals surface area (Å²) in [5, 5.41) is 37.3. The van der Waals surface area contributed by atoms with Crippen LogP contribution in [0.1, 0.15) is 38.8 Å². The van der Waals surface area contributed by atoms with Crippen molar-refractivity contribution in [2.75, 3.05) is 73.2 Å². The summed E-state index contributed by atoms with van der Waals surface area (Å²) in [6.45, 7) is 14.7. The molecule has 0 bridgehead atoms. The van der Waals surface area contributed by atoms with Crippen molar-refractivity contribution in [1.82, 2.24) is 24.9 Å². The van der Waals surface area contributed by atoms with Crippen LogP contribution in [-0.4, -0.2) is 95.8 Å². The van der Waals surface area contributed by atoms with Crippen LogP contribution in [0.15, 0.2) is 134 Å². The molecule has 4 N–H and O–H groups in total. The first-order chi connectivity index (χ1) is 37.7. The minimum absolute atomic E-state index is 0.105. The third kappa shape index (κ3) is 12.4. The fraction of sp³-hybridized carbons (Fsp3) is 0.255. The van der Waals surface area contributed by atoms with Crippen molar-refractivity contribution in [1.29, 1.82) is 0 Å². The van der Waals surface area contributed by atoms with Gasteiger partial charge in [0.25, 0.3) is 10.1 Å². The summed E-state index contributed by atoms with van der Waals surface area (Å²) in [6.07, 6.45) is 0. The summed E-state index contributed by atoms with van der Waals surface area (Å²) in [5.74, 6) is 1.87. The van der Waals surface area contributed by atoms with Crippen molar-refractivity contribution in [3.8, 4) is 32.6 Å². The molecular weight excluding hydrogens is 1070 g/mol. The summed E-state index contributed by atoms with van der Waals surface area (Å²) in [6, 6.07) is 32.1. The van der Waals surface area contributed by atoms with Gasteiger partial charge in [0.05, 0.1) is 75.4 Å². The zero-order valence-corrected chi connectivity index (χ0v) is 47.4. The van der Waals surface area contributed by atoms with Crippen molar-refractivity contribution in [2.45, 2.75) is 51.6 Å². The maximum absolute atomic E-state index is 12.3. The van der Waals surface area contributed by atoms with Crippen LogP contribution in [0.3, 0.4) is 0 Å². The van der Waals surface area contributed by atoms with Crippen molar-refractivity contribution in [3.05, 3.63) is 114 Å². The maximum Gasteiger partial charge on any atom is 0.296 e. The molecule has 6 aromatic carbocycles. The first-order valence-electron chi connectivity index (χ1n) is 25.0. The van der Waals surface area contributed by atoms with Gasteiger partial charge in [-0.25, -0.2) is 9.97 Å². The molecule has 0 aliphatic heterocycles. The third-order valence-corrected chi connectivity index (χ3v) is 16.7. The number of aryl methyl sites for hydroxylation is 2. The van der Waals surface area contributed by atoms with Crippen LogP contribution in [0.2, 0.25) is 0 Å². The van der Waals surface area contributed by atoms with Gasteiger partial charge in [-0.2, -0.15) is 33.6 Å². The van der Waals surface area contributed by atoms with Gasteiger partial charge in [-0.05, 0) is 132 Å². The number of hydrogen-bond acceptors (Lipinski definition) is 21. The number of thiazole rings is 2. The van der Waals surface area contributed by atoms with Crippen LogP contribution < -0.4 is 29.9 Å². The average molecular weight is 1120 g/mol. The minimum atomic E-state index is -4.47. The van der Waals surface area contributed by atoms with Gasteiger partial charge in [0, 0.05) is 55.2 Å². The molecule has 9 aromatic rings. The molecule has 0 saturated heterocycles. The molecule has 0 fully saturated rings. The number of nitrogens with zero attached hydrogens (tertiary/aromatic N) is 11. The molecule has 0 saturated carbocycles. The fourth-order valence-electron chi connectivity index (χ4n) is 8.57. The molecule has 0 aliphatic carbocycles. The molecule has 78 heavy (non-hydrogen) atoms. The Labute approximate surface area is 464 Å². The Hall–Kier alpha value is -7.67. The lowest BCUT2D eigenvalue weighted by atomic mass is 10.2. The Morgan fingerprint density at radius 1 is 0.615 bits per heavy atom. The molecule has 0 aliphatic rings. The van der Waals surface area contributed by atoms with Crippen molar-refractivity contribution >= 4 is 122 Å². The van der Waals surface area contributed by atoms with Gasteiger partial charge < -0.3 is 35.0 Å². The van der Waals surface area contributed by atoms with Gasteiger partial charge in [0.1, 0.15) is 37.8 Å². The van der Waals surface area contributed by atoms with Gasteiger partial charge in [0.15, 0.2) is 5.16 Å². The molecule has 3 heterocycles. The lowest BCUT2D eigenvalue weighted by molar-refractivity contribution is 0.322. The number of azo groups is 2. The van der Waals surface area contributed by atoms with E-state index in [1.54, 1.807) is 62.8 Å². The fourth-order valence-corrected chi connectivity index (χ4v) is 12.5. The molecule has 19 nitrogen and oxygen atoms in total. The number of aromatic nitrogens is 5. The topological polar surface area (TPSA) is 237 Å². The normalized spacial score (nSPS) is 11.8. The van der Waals surface area contributed by atoms with E-state index in [1.165, 1.54) is 28.7 Å². The Morgan fingerprint density at radius 3 is 1.60 bits per heavy atom. The van der Waals surface area contributed by atoms with Crippen LogP contribution in [-0.2, 0) is 10.1 Å². The highest BCUT2D eigenvalue weighted by molar-refractivity contribution is 7.99. The van der Waals surface area contributed by atoms with E-state index in [4.69, 9.17) is 39.6 Å². The molecule has 23 heteroatoms. The number of ether oxygens (including phenoxy) is 2. The lowest BCUT2D eigenvalue weighted by Crippen LogP contribution is -2.22. The van der Waals surface area contributed by atoms with E-state index in [0.29, 0.717) is 103 Å². The minimum Gasteiger partial charge on any atom is -0.494 e. The highest BCUT2D eigenvalue weighted by atomic mass is 32.2. The maximum atomic E-state index is 12.3. The van der Waals surface area contributed by atoms with E-state index in [2.05, 4.69) is 82.4 Å². The van der Waals surface area contributed by atoms with Crippen LogP contribution in [0.4, 0.5) is 57.4 Å². The molecule has 0 radical (unpaired) electrons. The summed E-state index contributed by atoms with van der Waals surface area (Å²) >= 11 is 4.09. The van der Waals surface area contributed by atoms with E-state index in [0.717, 1.165) is 37.7 Å². The second-order valence-electron chi connectivity index (χ2n) is 17.6. The summed E-state index contributed by atoms with van der Waals surface area (Å²) < 4.78 is 47.9. The second-order valence-corrected chi connectivity index (χ2v) is 22.0. The van der Waals surface area contributed by atoms with Gasteiger partial charge >= 0.3 is 0 Å². The molecule has 402 valence electrons. The van der Waals surface area contributed by atoms with E-state index in [1.807, 2.05) is 60.7 Å². The van der Waals surface area contributed by atoms with Gasteiger partial charge in [-0.1, -0.05) is 23.9 Å². The summed E-state index contributed by atoms with van der Waals surface area (Å²) in [4.78, 5) is 28.1. The average Bonchev–Trinajstić information content (AvgIpc) is 4.10. The van der Waals surface area contributed by atoms with Gasteiger partial charge in [-0.3, -0.25) is 4.55 Å². The van der Waals surface area contributed by atoms with Crippen LogP contribution in [0, 0.1) is 13.8 Å². The number of aliphatic hydroxyl groups excluding tert-OH is 1. The van der Waals surface area contributed by atoms with Crippen LogP contribution >= 0.6 is 34.4 Å². The zero-order valence-electron chi connectivity index (χ0n) is 44.1. The Balaban J connectivity index is 1.05. The van der Waals surface area contributed by atoms with Gasteiger partial charge in [-0.15, -0.1) is 32.9 Å². The van der Waals surface area contributed by atoms with Crippen LogP contribution in [0.5, 0.6) is 11.5 Å².